The molecule has 0 radical (unpaired) electrons. The molecule has 0 heterocycles. The van der Waals surface area contributed by atoms with Crippen LogP contribution in [0.4, 0.5) is 4.39 Å². The van der Waals surface area contributed by atoms with Gasteiger partial charge in [-0.05, 0) is 67.3 Å². The lowest BCUT2D eigenvalue weighted by Crippen LogP contribution is -2.57. The van der Waals surface area contributed by atoms with Gasteiger partial charge in [0.25, 0.3) is 0 Å². The summed E-state index contributed by atoms with van der Waals surface area (Å²) in [6.07, 6.45) is 3.52. The third-order valence-corrected chi connectivity index (χ3v) is 5.07. The fourth-order valence-electron chi connectivity index (χ4n) is 3.50. The lowest BCUT2D eigenvalue weighted by Gasteiger charge is -2.55. The fraction of sp³-hybridized carbons (Fsp3) is 0.647. The molecule has 3 atom stereocenters. The summed E-state index contributed by atoms with van der Waals surface area (Å²) in [5, 5.41) is 3.67. The largest absolute Gasteiger partial charge is 0.313 e. The second-order valence-corrected chi connectivity index (χ2v) is 6.16. The highest BCUT2D eigenvalue weighted by molar-refractivity contribution is 5.35. The minimum atomic E-state index is -0.126. The molecule has 1 nitrogen and oxygen atoms in total. The molecule has 106 valence electrons. The minimum absolute atomic E-state index is 0.126. The van der Waals surface area contributed by atoms with E-state index in [2.05, 4.69) is 26.1 Å². The number of halogens is 1. The summed E-state index contributed by atoms with van der Waals surface area (Å²) in [7, 11) is 0. The monoisotopic (exact) mass is 263 g/mol. The number of benzene rings is 1. The molecule has 0 amide bonds. The van der Waals surface area contributed by atoms with Gasteiger partial charge in [0.1, 0.15) is 5.82 Å². The van der Waals surface area contributed by atoms with E-state index in [1.54, 1.807) is 12.1 Å². The second kappa shape index (κ2) is 5.62. The van der Waals surface area contributed by atoms with Crippen molar-refractivity contribution in [1.29, 1.82) is 0 Å². The first kappa shape index (κ1) is 14.5. The highest BCUT2D eigenvalue weighted by Crippen LogP contribution is 2.55. The van der Waals surface area contributed by atoms with E-state index in [9.17, 15) is 4.39 Å². The highest BCUT2D eigenvalue weighted by Gasteiger charge is 2.50. The molecule has 1 aliphatic rings. The molecule has 2 rings (SSSR count). The van der Waals surface area contributed by atoms with Crippen molar-refractivity contribution in [1.82, 2.24) is 5.32 Å². The number of aryl methyl sites for hydroxylation is 1. The van der Waals surface area contributed by atoms with E-state index in [0.29, 0.717) is 17.4 Å². The third kappa shape index (κ3) is 2.55. The van der Waals surface area contributed by atoms with Crippen LogP contribution in [0.5, 0.6) is 0 Å². The van der Waals surface area contributed by atoms with Gasteiger partial charge in [0, 0.05) is 6.04 Å². The Balaban J connectivity index is 2.18. The lowest BCUT2D eigenvalue weighted by molar-refractivity contribution is 0.0441. The summed E-state index contributed by atoms with van der Waals surface area (Å²) >= 11 is 0. The average Bonchev–Trinajstić information content (AvgIpc) is 2.38. The Bertz CT molecular complexity index is 443. The molecule has 19 heavy (non-hydrogen) atoms. The molecule has 1 aliphatic carbocycles. The SMILES string of the molecule is CCCNC1CC(c2ccc(F)cc2C)C1(C)CC. The first-order valence-electron chi connectivity index (χ1n) is 7.52. The van der Waals surface area contributed by atoms with Gasteiger partial charge in [0.15, 0.2) is 0 Å². The van der Waals surface area contributed by atoms with Crippen LogP contribution in [0.15, 0.2) is 18.2 Å². The van der Waals surface area contributed by atoms with Crippen LogP contribution in [-0.2, 0) is 0 Å². The van der Waals surface area contributed by atoms with Gasteiger partial charge < -0.3 is 5.32 Å². The third-order valence-electron chi connectivity index (χ3n) is 5.07. The number of nitrogens with one attached hydrogen (secondary N) is 1. The average molecular weight is 263 g/mol. The maximum Gasteiger partial charge on any atom is 0.123 e. The first-order valence-corrected chi connectivity index (χ1v) is 7.52. The Morgan fingerprint density at radius 1 is 1.37 bits per heavy atom. The van der Waals surface area contributed by atoms with Gasteiger partial charge in [0.05, 0.1) is 0 Å². The van der Waals surface area contributed by atoms with Crippen LogP contribution in [-0.4, -0.2) is 12.6 Å². The molecule has 1 aromatic rings. The summed E-state index contributed by atoms with van der Waals surface area (Å²) < 4.78 is 13.2. The summed E-state index contributed by atoms with van der Waals surface area (Å²) in [6.45, 7) is 9.97. The topological polar surface area (TPSA) is 12.0 Å². The fourth-order valence-corrected chi connectivity index (χ4v) is 3.50. The number of hydrogen-bond acceptors (Lipinski definition) is 1. The van der Waals surface area contributed by atoms with Crippen molar-refractivity contribution < 1.29 is 4.39 Å². The molecule has 3 unspecified atom stereocenters. The van der Waals surface area contributed by atoms with Crippen LogP contribution < -0.4 is 5.32 Å². The van der Waals surface area contributed by atoms with Crippen LogP contribution in [0.3, 0.4) is 0 Å². The van der Waals surface area contributed by atoms with Crippen molar-refractivity contribution in [2.75, 3.05) is 6.54 Å². The summed E-state index contributed by atoms with van der Waals surface area (Å²) in [6, 6.07) is 5.86. The summed E-state index contributed by atoms with van der Waals surface area (Å²) in [5.41, 5.74) is 2.73. The van der Waals surface area contributed by atoms with Crippen molar-refractivity contribution in [3.8, 4) is 0 Å². The maximum absolute atomic E-state index is 13.2. The molecule has 1 N–H and O–H groups in total. The Labute approximate surface area is 116 Å². The number of hydrogen-bond donors (Lipinski definition) is 1. The summed E-state index contributed by atoms with van der Waals surface area (Å²) in [5.74, 6) is 0.437. The predicted molar refractivity (Wildman–Crippen MR) is 79.0 cm³/mol. The van der Waals surface area contributed by atoms with Crippen molar-refractivity contribution >= 4 is 0 Å². The molecular weight excluding hydrogens is 237 g/mol. The molecule has 0 aliphatic heterocycles. The van der Waals surface area contributed by atoms with Gasteiger partial charge in [0.2, 0.25) is 0 Å². The molecule has 0 saturated heterocycles. The van der Waals surface area contributed by atoms with Gasteiger partial charge in [-0.1, -0.05) is 26.8 Å². The Morgan fingerprint density at radius 3 is 2.68 bits per heavy atom. The number of rotatable bonds is 5. The van der Waals surface area contributed by atoms with Gasteiger partial charge in [-0.2, -0.15) is 0 Å². The molecule has 1 aromatic carbocycles. The van der Waals surface area contributed by atoms with Crippen LogP contribution in [0, 0.1) is 18.2 Å². The van der Waals surface area contributed by atoms with E-state index < -0.39 is 0 Å². The lowest BCUT2D eigenvalue weighted by atomic mass is 9.53. The Morgan fingerprint density at radius 2 is 2.11 bits per heavy atom. The van der Waals surface area contributed by atoms with E-state index in [0.717, 1.165) is 18.5 Å². The van der Waals surface area contributed by atoms with Crippen LogP contribution in [0.25, 0.3) is 0 Å². The standard InChI is InChI=1S/C17H26FN/c1-5-9-19-16-11-15(17(16,4)6-2)14-8-7-13(18)10-12(14)3/h7-8,10,15-16,19H,5-6,9,11H2,1-4H3. The quantitative estimate of drug-likeness (QED) is 0.830. The zero-order valence-corrected chi connectivity index (χ0v) is 12.6. The Kier molecular flexibility index (Phi) is 4.29. The summed E-state index contributed by atoms with van der Waals surface area (Å²) in [4.78, 5) is 0. The van der Waals surface area contributed by atoms with Crippen LogP contribution >= 0.6 is 0 Å². The zero-order valence-electron chi connectivity index (χ0n) is 12.6. The van der Waals surface area contributed by atoms with Gasteiger partial charge in [-0.25, -0.2) is 4.39 Å². The predicted octanol–water partition coefficient (Wildman–Crippen LogP) is 4.41. The van der Waals surface area contributed by atoms with E-state index >= 15 is 0 Å². The highest BCUT2D eigenvalue weighted by atomic mass is 19.1. The molecule has 0 aromatic heterocycles. The van der Waals surface area contributed by atoms with Crippen molar-refractivity contribution in [3.63, 3.8) is 0 Å². The van der Waals surface area contributed by atoms with E-state index in [1.165, 1.54) is 18.4 Å². The zero-order chi connectivity index (χ0) is 14.0. The second-order valence-electron chi connectivity index (χ2n) is 6.16. The van der Waals surface area contributed by atoms with E-state index in [1.807, 2.05) is 13.0 Å². The molecule has 0 spiro atoms. The van der Waals surface area contributed by atoms with Gasteiger partial charge >= 0.3 is 0 Å². The van der Waals surface area contributed by atoms with Gasteiger partial charge in [-0.15, -0.1) is 0 Å². The smallest absolute Gasteiger partial charge is 0.123 e. The van der Waals surface area contributed by atoms with Gasteiger partial charge in [-0.3, -0.25) is 0 Å². The van der Waals surface area contributed by atoms with Crippen LogP contribution in [0.1, 0.15) is 57.1 Å². The first-order chi connectivity index (χ1) is 9.02. The molecule has 1 fully saturated rings. The maximum atomic E-state index is 13.2. The minimum Gasteiger partial charge on any atom is -0.313 e. The van der Waals surface area contributed by atoms with Crippen molar-refractivity contribution in [3.05, 3.63) is 35.1 Å². The Hall–Kier alpha value is -0.890. The van der Waals surface area contributed by atoms with E-state index in [-0.39, 0.29) is 5.82 Å². The molecular formula is C17H26FN. The normalized spacial score (nSPS) is 30.2. The van der Waals surface area contributed by atoms with Crippen molar-refractivity contribution in [2.45, 2.75) is 58.9 Å². The molecule has 2 heteroatoms. The molecule has 0 bridgehead atoms. The van der Waals surface area contributed by atoms with E-state index in [4.69, 9.17) is 0 Å². The van der Waals surface area contributed by atoms with Crippen LogP contribution in [0.2, 0.25) is 0 Å². The molecule has 1 saturated carbocycles. The van der Waals surface area contributed by atoms with Crippen molar-refractivity contribution in [2.24, 2.45) is 5.41 Å².